The minimum atomic E-state index is -0.525. The molecular weight excluding hydrogens is 356 g/mol. The first-order chi connectivity index (χ1) is 13.7. The molecule has 6 heteroatoms. The van der Waals surface area contributed by atoms with Gasteiger partial charge in [0.15, 0.2) is 11.5 Å². The molecule has 0 aliphatic rings. The fourth-order valence-corrected chi connectivity index (χ4v) is 2.51. The Morgan fingerprint density at radius 1 is 0.857 bits per heavy atom. The van der Waals surface area contributed by atoms with E-state index < -0.39 is 5.97 Å². The number of esters is 1. The van der Waals surface area contributed by atoms with Crippen molar-refractivity contribution in [2.45, 2.75) is 0 Å². The predicted molar refractivity (Wildman–Crippen MR) is 109 cm³/mol. The molecule has 0 aliphatic heterocycles. The summed E-state index contributed by atoms with van der Waals surface area (Å²) in [7, 11) is 3.02. The molecule has 0 spiro atoms. The summed E-state index contributed by atoms with van der Waals surface area (Å²) >= 11 is 0. The van der Waals surface area contributed by atoms with Crippen LogP contribution in [0.2, 0.25) is 0 Å². The van der Waals surface area contributed by atoms with Crippen molar-refractivity contribution < 1.29 is 19.0 Å². The third-order valence-electron chi connectivity index (χ3n) is 3.90. The lowest BCUT2D eigenvalue weighted by atomic mass is 10.2. The van der Waals surface area contributed by atoms with Gasteiger partial charge in [-0.15, -0.1) is 0 Å². The number of nitrogens with zero attached hydrogens (tertiary/aromatic N) is 1. The quantitative estimate of drug-likeness (QED) is 0.287. The fourth-order valence-electron chi connectivity index (χ4n) is 2.51. The molecule has 3 rings (SSSR count). The Bertz CT molecular complexity index is 971. The van der Waals surface area contributed by atoms with Crippen LogP contribution in [0.25, 0.3) is 0 Å². The maximum atomic E-state index is 12.5. The molecule has 0 atom stereocenters. The number of anilines is 1. The second-order valence-corrected chi connectivity index (χ2v) is 5.74. The highest BCUT2D eigenvalue weighted by molar-refractivity contribution is 5.94. The summed E-state index contributed by atoms with van der Waals surface area (Å²) in [5.41, 5.74) is 4.95. The second-order valence-electron chi connectivity index (χ2n) is 5.74. The van der Waals surface area contributed by atoms with Gasteiger partial charge in [0.25, 0.3) is 0 Å². The predicted octanol–water partition coefficient (Wildman–Crippen LogP) is 4.37. The summed E-state index contributed by atoms with van der Waals surface area (Å²) in [6, 6.07) is 21.7. The highest BCUT2D eigenvalue weighted by atomic mass is 16.6. The molecule has 142 valence electrons. The molecule has 3 aromatic rings. The summed E-state index contributed by atoms with van der Waals surface area (Å²) in [4.78, 5) is 12.5. The molecule has 6 nitrogen and oxygen atoms in total. The van der Waals surface area contributed by atoms with E-state index in [1.165, 1.54) is 14.2 Å². The van der Waals surface area contributed by atoms with Crippen molar-refractivity contribution in [2.24, 2.45) is 5.10 Å². The van der Waals surface area contributed by atoms with E-state index in [1.807, 2.05) is 30.3 Å². The molecule has 0 aliphatic carbocycles. The standard InChI is InChI=1S/C22H20N2O4/c1-26-19-11-7-6-10-18(19)22(25)28-20-13-12-16(14-21(20)27-2)15-23-24-17-8-4-3-5-9-17/h3-15,24H,1-2H3/b23-15+. The Morgan fingerprint density at radius 3 is 2.32 bits per heavy atom. The zero-order valence-electron chi connectivity index (χ0n) is 15.6. The van der Waals surface area contributed by atoms with Crippen molar-refractivity contribution in [1.29, 1.82) is 0 Å². The molecule has 0 heterocycles. The average Bonchev–Trinajstić information content (AvgIpc) is 2.75. The molecule has 0 bridgehead atoms. The topological polar surface area (TPSA) is 69.1 Å². The maximum Gasteiger partial charge on any atom is 0.347 e. The largest absolute Gasteiger partial charge is 0.496 e. The molecule has 0 saturated heterocycles. The maximum absolute atomic E-state index is 12.5. The first-order valence-electron chi connectivity index (χ1n) is 8.58. The SMILES string of the molecule is COc1cc(/C=N/Nc2ccccc2)ccc1OC(=O)c1ccccc1OC. The van der Waals surface area contributed by atoms with E-state index in [0.29, 0.717) is 22.8 Å². The summed E-state index contributed by atoms with van der Waals surface area (Å²) < 4.78 is 16.0. The number of ether oxygens (including phenoxy) is 3. The molecule has 0 radical (unpaired) electrons. The fraction of sp³-hybridized carbons (Fsp3) is 0.0909. The molecule has 1 N–H and O–H groups in total. The number of carbonyl (C=O) groups is 1. The number of rotatable bonds is 7. The minimum Gasteiger partial charge on any atom is -0.496 e. The smallest absolute Gasteiger partial charge is 0.347 e. The number of carbonyl (C=O) groups excluding carboxylic acids is 1. The van der Waals surface area contributed by atoms with Crippen molar-refractivity contribution in [1.82, 2.24) is 0 Å². The van der Waals surface area contributed by atoms with Gasteiger partial charge in [-0.1, -0.05) is 30.3 Å². The van der Waals surface area contributed by atoms with Crippen LogP contribution in [0.4, 0.5) is 5.69 Å². The normalized spacial score (nSPS) is 10.5. The summed E-state index contributed by atoms with van der Waals surface area (Å²) in [5.74, 6) is 0.656. The number of hydrogen-bond acceptors (Lipinski definition) is 6. The molecule has 0 amide bonds. The van der Waals surface area contributed by atoms with Crippen LogP contribution >= 0.6 is 0 Å². The van der Waals surface area contributed by atoms with E-state index in [1.54, 1.807) is 48.7 Å². The summed E-state index contributed by atoms with van der Waals surface area (Å²) in [6.45, 7) is 0. The summed E-state index contributed by atoms with van der Waals surface area (Å²) in [6.07, 6.45) is 1.65. The third kappa shape index (κ3) is 4.67. The van der Waals surface area contributed by atoms with Gasteiger partial charge in [-0.25, -0.2) is 4.79 Å². The van der Waals surface area contributed by atoms with Crippen molar-refractivity contribution in [2.75, 3.05) is 19.6 Å². The molecular formula is C22H20N2O4. The number of nitrogens with one attached hydrogen (secondary N) is 1. The van der Waals surface area contributed by atoms with Gasteiger partial charge in [0.2, 0.25) is 0 Å². The lowest BCUT2D eigenvalue weighted by Crippen LogP contribution is -2.10. The number of para-hydroxylation sites is 2. The van der Waals surface area contributed by atoms with Crippen LogP contribution in [0.1, 0.15) is 15.9 Å². The van der Waals surface area contributed by atoms with Gasteiger partial charge in [0.05, 0.1) is 26.1 Å². The molecule has 0 unspecified atom stereocenters. The Balaban J connectivity index is 1.73. The number of hydrogen-bond donors (Lipinski definition) is 1. The van der Waals surface area contributed by atoms with Crippen LogP contribution in [-0.2, 0) is 0 Å². The Hall–Kier alpha value is -3.80. The lowest BCUT2D eigenvalue weighted by Gasteiger charge is -2.11. The number of hydrazone groups is 1. The van der Waals surface area contributed by atoms with Gasteiger partial charge in [-0.2, -0.15) is 5.10 Å². The van der Waals surface area contributed by atoms with E-state index in [4.69, 9.17) is 14.2 Å². The van der Waals surface area contributed by atoms with Gasteiger partial charge in [0, 0.05) is 0 Å². The van der Waals surface area contributed by atoms with E-state index in [2.05, 4.69) is 10.5 Å². The lowest BCUT2D eigenvalue weighted by molar-refractivity contribution is 0.0726. The Morgan fingerprint density at radius 2 is 1.57 bits per heavy atom. The van der Waals surface area contributed by atoms with Crippen LogP contribution in [0.15, 0.2) is 77.9 Å². The Labute approximate surface area is 163 Å². The van der Waals surface area contributed by atoms with Gasteiger partial charge >= 0.3 is 5.97 Å². The Kier molecular flexibility index (Phi) is 6.25. The van der Waals surface area contributed by atoms with Crippen LogP contribution in [-0.4, -0.2) is 26.4 Å². The zero-order valence-corrected chi connectivity index (χ0v) is 15.6. The van der Waals surface area contributed by atoms with Crippen molar-refractivity contribution in [3.05, 3.63) is 83.9 Å². The van der Waals surface area contributed by atoms with Crippen LogP contribution < -0.4 is 19.6 Å². The van der Waals surface area contributed by atoms with E-state index >= 15 is 0 Å². The van der Waals surface area contributed by atoms with Crippen LogP contribution in [0, 0.1) is 0 Å². The molecule has 0 fully saturated rings. The molecule has 0 aromatic heterocycles. The average molecular weight is 376 g/mol. The minimum absolute atomic E-state index is 0.312. The van der Waals surface area contributed by atoms with Crippen LogP contribution in [0.5, 0.6) is 17.2 Å². The summed E-state index contributed by atoms with van der Waals surface area (Å²) in [5, 5.41) is 4.19. The van der Waals surface area contributed by atoms with E-state index in [0.717, 1.165) is 11.3 Å². The molecule has 3 aromatic carbocycles. The van der Waals surface area contributed by atoms with Gasteiger partial charge in [-0.05, 0) is 48.0 Å². The zero-order chi connectivity index (χ0) is 19.8. The molecule has 0 saturated carbocycles. The molecule has 28 heavy (non-hydrogen) atoms. The van der Waals surface area contributed by atoms with Gasteiger partial charge in [0.1, 0.15) is 11.3 Å². The van der Waals surface area contributed by atoms with E-state index in [9.17, 15) is 4.79 Å². The number of benzene rings is 3. The first kappa shape index (κ1) is 19.0. The van der Waals surface area contributed by atoms with Crippen molar-refractivity contribution in [3.8, 4) is 17.2 Å². The third-order valence-corrected chi connectivity index (χ3v) is 3.90. The number of methoxy groups -OCH3 is 2. The van der Waals surface area contributed by atoms with Gasteiger partial charge < -0.3 is 14.2 Å². The van der Waals surface area contributed by atoms with Gasteiger partial charge in [-0.3, -0.25) is 5.43 Å². The van der Waals surface area contributed by atoms with Crippen LogP contribution in [0.3, 0.4) is 0 Å². The van der Waals surface area contributed by atoms with Crippen molar-refractivity contribution in [3.63, 3.8) is 0 Å². The first-order valence-corrected chi connectivity index (χ1v) is 8.58. The second kappa shape index (κ2) is 9.23. The highest BCUT2D eigenvalue weighted by Crippen LogP contribution is 2.29. The highest BCUT2D eigenvalue weighted by Gasteiger charge is 2.16. The monoisotopic (exact) mass is 376 g/mol. The van der Waals surface area contributed by atoms with Crippen molar-refractivity contribution >= 4 is 17.9 Å². The van der Waals surface area contributed by atoms with E-state index in [-0.39, 0.29) is 0 Å².